The van der Waals surface area contributed by atoms with Crippen molar-refractivity contribution in [3.63, 3.8) is 0 Å². The summed E-state index contributed by atoms with van der Waals surface area (Å²) >= 11 is 0. The van der Waals surface area contributed by atoms with E-state index in [4.69, 9.17) is 10.4 Å². The number of hydrogen-bond donors (Lipinski definition) is 1. The number of carboxylic acid groups (broad SMARTS) is 1. The molecule has 0 aliphatic rings. The van der Waals surface area contributed by atoms with Crippen molar-refractivity contribution in [3.8, 4) is 6.07 Å². The minimum absolute atomic E-state index is 0.534. The molecule has 15 heavy (non-hydrogen) atoms. The molecule has 0 fully saturated rings. The van der Waals surface area contributed by atoms with Crippen LogP contribution in [0.2, 0.25) is 0 Å². The predicted molar refractivity (Wildman–Crippen MR) is 40.8 cm³/mol. The third-order valence-corrected chi connectivity index (χ3v) is 1.56. The summed E-state index contributed by atoms with van der Waals surface area (Å²) in [7, 11) is 0. The zero-order valence-electron chi connectivity index (χ0n) is 7.04. The molecule has 0 unspecified atom stereocenters. The fraction of sp³-hybridized carbons (Fsp3) is 0.125. The summed E-state index contributed by atoms with van der Waals surface area (Å²) in [4.78, 5) is 13.2. The van der Waals surface area contributed by atoms with E-state index >= 15 is 0 Å². The van der Waals surface area contributed by atoms with Gasteiger partial charge in [-0.25, -0.2) is 18.6 Å². The Kier molecular flexibility index (Phi) is 2.90. The van der Waals surface area contributed by atoms with Crippen LogP contribution in [-0.4, -0.2) is 16.1 Å². The van der Waals surface area contributed by atoms with Crippen LogP contribution in [-0.2, 0) is 0 Å². The maximum Gasteiger partial charge on any atom is 0.337 e. The fourth-order valence-electron chi connectivity index (χ4n) is 0.920. The summed E-state index contributed by atoms with van der Waals surface area (Å²) in [5.74, 6) is -3.09. The van der Waals surface area contributed by atoms with Gasteiger partial charge in [0.1, 0.15) is 17.3 Å². The number of halogens is 3. The minimum atomic E-state index is -3.21. The van der Waals surface area contributed by atoms with Crippen LogP contribution in [0.25, 0.3) is 0 Å². The Morgan fingerprint density at radius 1 is 1.60 bits per heavy atom. The molecular weight excluding hydrogens is 213 g/mol. The first-order valence-electron chi connectivity index (χ1n) is 3.59. The number of aromatic carboxylic acids is 1. The van der Waals surface area contributed by atoms with E-state index in [1.54, 1.807) is 0 Å². The van der Waals surface area contributed by atoms with Crippen molar-refractivity contribution in [1.29, 1.82) is 5.26 Å². The minimum Gasteiger partial charge on any atom is -0.478 e. The van der Waals surface area contributed by atoms with Gasteiger partial charge in [-0.15, -0.1) is 0 Å². The van der Waals surface area contributed by atoms with E-state index < -0.39 is 35.2 Å². The van der Waals surface area contributed by atoms with E-state index in [-0.39, 0.29) is 0 Å². The summed E-state index contributed by atoms with van der Waals surface area (Å²) in [6.07, 6.45) is -3.21. The van der Waals surface area contributed by atoms with E-state index in [1.165, 1.54) is 6.07 Å². The molecule has 4 nitrogen and oxygen atoms in total. The van der Waals surface area contributed by atoms with Crippen LogP contribution in [0.1, 0.15) is 28.0 Å². The Labute approximate surface area is 81.6 Å². The highest BCUT2D eigenvalue weighted by Crippen LogP contribution is 2.22. The Hall–Kier alpha value is -2.10. The lowest BCUT2D eigenvalue weighted by Crippen LogP contribution is -2.08. The summed E-state index contributed by atoms with van der Waals surface area (Å²) in [6.45, 7) is 0. The molecule has 0 aromatic carbocycles. The largest absolute Gasteiger partial charge is 0.478 e. The third-order valence-electron chi connectivity index (χ3n) is 1.56. The molecule has 0 radical (unpaired) electrons. The number of alkyl halides is 2. The Balaban J connectivity index is 3.47. The Bertz CT molecular complexity index is 454. The molecule has 0 saturated heterocycles. The van der Waals surface area contributed by atoms with E-state index in [1.807, 2.05) is 0 Å². The zero-order chi connectivity index (χ0) is 11.6. The molecule has 7 heteroatoms. The molecular formula is C8H3F3N2O2. The first-order chi connectivity index (χ1) is 6.97. The number of hydrogen-bond acceptors (Lipinski definition) is 3. The number of carbonyl (C=O) groups is 1. The second-order valence-corrected chi connectivity index (χ2v) is 2.48. The Morgan fingerprint density at radius 2 is 2.20 bits per heavy atom. The van der Waals surface area contributed by atoms with Gasteiger partial charge in [-0.3, -0.25) is 0 Å². The van der Waals surface area contributed by atoms with Crippen LogP contribution in [0.4, 0.5) is 13.2 Å². The summed E-state index contributed by atoms with van der Waals surface area (Å²) in [6, 6.07) is 1.84. The smallest absolute Gasteiger partial charge is 0.337 e. The summed E-state index contributed by atoms with van der Waals surface area (Å²) in [5.41, 5.74) is -2.74. The number of rotatable bonds is 2. The first kappa shape index (κ1) is 11.0. The van der Waals surface area contributed by atoms with Crippen LogP contribution in [0.15, 0.2) is 6.07 Å². The van der Waals surface area contributed by atoms with Gasteiger partial charge in [0.05, 0.1) is 5.56 Å². The fourth-order valence-corrected chi connectivity index (χ4v) is 0.920. The third kappa shape index (κ3) is 2.04. The molecule has 1 aromatic rings. The molecule has 0 aliphatic carbocycles. The monoisotopic (exact) mass is 216 g/mol. The van der Waals surface area contributed by atoms with Crippen molar-refractivity contribution in [1.82, 2.24) is 4.98 Å². The average molecular weight is 216 g/mol. The van der Waals surface area contributed by atoms with Crippen molar-refractivity contribution < 1.29 is 23.1 Å². The maximum absolute atomic E-state index is 12.8. The highest BCUT2D eigenvalue weighted by Gasteiger charge is 2.22. The van der Waals surface area contributed by atoms with Gasteiger partial charge in [0.2, 0.25) is 5.95 Å². The lowest BCUT2D eigenvalue weighted by Gasteiger charge is -2.04. The van der Waals surface area contributed by atoms with Crippen molar-refractivity contribution in [2.24, 2.45) is 0 Å². The molecule has 1 N–H and O–H groups in total. The summed E-state index contributed by atoms with van der Waals surface area (Å²) in [5, 5.41) is 16.9. The topological polar surface area (TPSA) is 74.0 Å². The van der Waals surface area contributed by atoms with Gasteiger partial charge in [-0.1, -0.05) is 0 Å². The first-order valence-corrected chi connectivity index (χ1v) is 3.59. The molecule has 0 saturated carbocycles. The average Bonchev–Trinajstić information content (AvgIpc) is 2.16. The van der Waals surface area contributed by atoms with Crippen LogP contribution in [0.3, 0.4) is 0 Å². The van der Waals surface area contributed by atoms with Gasteiger partial charge < -0.3 is 5.11 Å². The van der Waals surface area contributed by atoms with Crippen molar-refractivity contribution >= 4 is 5.97 Å². The van der Waals surface area contributed by atoms with Crippen molar-refractivity contribution in [2.45, 2.75) is 6.43 Å². The van der Waals surface area contributed by atoms with Crippen molar-refractivity contribution in [2.75, 3.05) is 0 Å². The highest BCUT2D eigenvalue weighted by atomic mass is 19.3. The molecule has 78 valence electrons. The molecule has 1 rings (SSSR count). The molecule has 0 atom stereocenters. The highest BCUT2D eigenvalue weighted by molar-refractivity contribution is 5.89. The van der Waals surface area contributed by atoms with Crippen molar-refractivity contribution in [3.05, 3.63) is 28.8 Å². The molecule has 0 spiro atoms. The molecule has 1 heterocycles. The van der Waals surface area contributed by atoms with Gasteiger partial charge in [0.15, 0.2) is 0 Å². The predicted octanol–water partition coefficient (Wildman–Crippen LogP) is 1.73. The van der Waals surface area contributed by atoms with Gasteiger partial charge in [0, 0.05) is 0 Å². The van der Waals surface area contributed by atoms with Gasteiger partial charge in [-0.2, -0.15) is 9.65 Å². The molecule has 0 bridgehead atoms. The second-order valence-electron chi connectivity index (χ2n) is 2.48. The number of aromatic nitrogens is 1. The molecule has 1 aromatic heterocycles. The number of nitriles is 1. The van der Waals surface area contributed by atoms with E-state index in [2.05, 4.69) is 4.98 Å². The second kappa shape index (κ2) is 3.96. The lowest BCUT2D eigenvalue weighted by atomic mass is 10.1. The van der Waals surface area contributed by atoms with Crippen LogP contribution in [0, 0.1) is 17.3 Å². The Morgan fingerprint density at radius 3 is 2.60 bits per heavy atom. The molecule has 0 aliphatic heterocycles. The van der Waals surface area contributed by atoms with Crippen LogP contribution >= 0.6 is 0 Å². The quantitative estimate of drug-likeness (QED) is 0.764. The van der Waals surface area contributed by atoms with E-state index in [0.717, 1.165) is 0 Å². The number of pyridine rings is 1. The standard InChI is InChI=1S/C8H3F3N2O2/c9-6(10)5-4(8(14)15)1-3(2-12)7(11)13-5/h1,6H,(H,14,15). The maximum atomic E-state index is 12.8. The SMILES string of the molecule is N#Cc1cc(C(=O)O)c(C(F)F)nc1F. The normalized spacial score (nSPS) is 10.1. The number of nitrogens with zero attached hydrogens (tertiary/aromatic N) is 2. The number of carboxylic acids is 1. The van der Waals surface area contributed by atoms with Crippen LogP contribution in [0.5, 0.6) is 0 Å². The van der Waals surface area contributed by atoms with E-state index in [0.29, 0.717) is 6.07 Å². The van der Waals surface area contributed by atoms with E-state index in [9.17, 15) is 18.0 Å². The van der Waals surface area contributed by atoms with Crippen LogP contribution < -0.4 is 0 Å². The zero-order valence-corrected chi connectivity index (χ0v) is 7.04. The summed E-state index contributed by atoms with van der Waals surface area (Å²) < 4.78 is 37.3. The lowest BCUT2D eigenvalue weighted by molar-refractivity contribution is 0.0681. The van der Waals surface area contributed by atoms with Gasteiger partial charge in [-0.05, 0) is 6.07 Å². The molecule has 0 amide bonds. The van der Waals surface area contributed by atoms with Gasteiger partial charge >= 0.3 is 5.97 Å². The van der Waals surface area contributed by atoms with Gasteiger partial charge in [0.25, 0.3) is 6.43 Å².